The molecule has 0 saturated heterocycles. The first-order valence-electron chi connectivity index (χ1n) is 7.57. The van der Waals surface area contributed by atoms with Crippen LogP contribution >= 0.6 is 0 Å². The van der Waals surface area contributed by atoms with Gasteiger partial charge in [0, 0.05) is 23.7 Å². The number of methoxy groups -OCH3 is 1. The largest absolute Gasteiger partial charge is 0.507 e. The second-order valence-electron chi connectivity index (χ2n) is 6.04. The number of benzene rings is 1. The summed E-state index contributed by atoms with van der Waals surface area (Å²) in [5.74, 6) is 1.74. The fourth-order valence-corrected chi connectivity index (χ4v) is 2.45. The summed E-state index contributed by atoms with van der Waals surface area (Å²) in [7, 11) is 1.60. The number of ether oxygens (including phenoxy) is 1. The molecule has 0 bridgehead atoms. The van der Waals surface area contributed by atoms with E-state index < -0.39 is 0 Å². The van der Waals surface area contributed by atoms with E-state index in [4.69, 9.17) is 4.74 Å². The number of rotatable bonds is 8. The van der Waals surface area contributed by atoms with E-state index in [1.807, 2.05) is 12.1 Å². The quantitative estimate of drug-likeness (QED) is 0.747. The molecule has 0 aliphatic carbocycles. The molecule has 1 aromatic rings. The maximum Gasteiger partial charge on any atom is 0.124 e. The third-order valence-electron chi connectivity index (χ3n) is 3.66. The minimum absolute atomic E-state index is 0.134. The average Bonchev–Trinajstić information content (AvgIpc) is 2.37. The summed E-state index contributed by atoms with van der Waals surface area (Å²) >= 11 is 0. The van der Waals surface area contributed by atoms with Gasteiger partial charge in [0.15, 0.2) is 0 Å². The highest BCUT2D eigenvalue weighted by Gasteiger charge is 2.13. The molecule has 2 atom stereocenters. The predicted molar refractivity (Wildman–Crippen MR) is 84.4 cm³/mol. The van der Waals surface area contributed by atoms with Gasteiger partial charge in [0.2, 0.25) is 0 Å². The molecule has 2 unspecified atom stereocenters. The monoisotopic (exact) mass is 279 g/mol. The second-order valence-corrected chi connectivity index (χ2v) is 6.04. The van der Waals surface area contributed by atoms with Crippen molar-refractivity contribution < 1.29 is 9.84 Å². The highest BCUT2D eigenvalue weighted by atomic mass is 16.5. The summed E-state index contributed by atoms with van der Waals surface area (Å²) in [6, 6.07) is 6.06. The molecule has 0 aliphatic rings. The Morgan fingerprint density at radius 2 is 1.85 bits per heavy atom. The third kappa shape index (κ3) is 5.41. The highest BCUT2D eigenvalue weighted by molar-refractivity contribution is 5.41. The molecule has 114 valence electrons. The fourth-order valence-electron chi connectivity index (χ4n) is 2.45. The van der Waals surface area contributed by atoms with E-state index in [0.717, 1.165) is 11.5 Å². The van der Waals surface area contributed by atoms with Crippen LogP contribution in [0.25, 0.3) is 0 Å². The Morgan fingerprint density at radius 3 is 2.40 bits per heavy atom. The van der Waals surface area contributed by atoms with E-state index in [9.17, 15) is 5.11 Å². The van der Waals surface area contributed by atoms with Crippen molar-refractivity contribution in [2.45, 2.75) is 59.0 Å². The number of hydrogen-bond donors (Lipinski definition) is 2. The van der Waals surface area contributed by atoms with Crippen LogP contribution in [0.3, 0.4) is 0 Å². The van der Waals surface area contributed by atoms with Crippen molar-refractivity contribution in [3.63, 3.8) is 0 Å². The minimum Gasteiger partial charge on any atom is -0.507 e. The number of aromatic hydroxyl groups is 1. The van der Waals surface area contributed by atoms with E-state index in [1.165, 1.54) is 19.3 Å². The Bertz CT molecular complexity index is 404. The van der Waals surface area contributed by atoms with Gasteiger partial charge in [0.1, 0.15) is 11.5 Å². The van der Waals surface area contributed by atoms with Gasteiger partial charge in [0.05, 0.1) is 7.11 Å². The maximum absolute atomic E-state index is 10.0. The first-order valence-corrected chi connectivity index (χ1v) is 7.57. The molecular weight excluding hydrogens is 250 g/mol. The van der Waals surface area contributed by atoms with Crippen molar-refractivity contribution in [1.82, 2.24) is 5.32 Å². The standard InChI is InChI=1S/C17H29NO2/c1-12(2)7-6-8-13(3)18-14(4)16-10-9-15(20-5)11-17(16)19/h9-14,18-19H,6-8H2,1-5H3. The lowest BCUT2D eigenvalue weighted by Gasteiger charge is -2.21. The predicted octanol–water partition coefficient (Wildman–Crippen LogP) is 4.27. The van der Waals surface area contributed by atoms with Crippen LogP contribution in [-0.4, -0.2) is 18.3 Å². The van der Waals surface area contributed by atoms with Crippen LogP contribution < -0.4 is 10.1 Å². The SMILES string of the molecule is COc1ccc(C(C)NC(C)CCCC(C)C)c(O)c1. The van der Waals surface area contributed by atoms with Gasteiger partial charge in [-0.15, -0.1) is 0 Å². The van der Waals surface area contributed by atoms with E-state index in [0.29, 0.717) is 17.5 Å². The van der Waals surface area contributed by atoms with Gasteiger partial charge in [-0.25, -0.2) is 0 Å². The van der Waals surface area contributed by atoms with E-state index in [1.54, 1.807) is 13.2 Å². The first kappa shape index (κ1) is 16.8. The van der Waals surface area contributed by atoms with Crippen LogP contribution in [0.2, 0.25) is 0 Å². The summed E-state index contributed by atoms with van der Waals surface area (Å²) in [4.78, 5) is 0. The molecule has 3 nitrogen and oxygen atoms in total. The van der Waals surface area contributed by atoms with Gasteiger partial charge in [-0.1, -0.05) is 32.8 Å². The molecule has 0 aromatic heterocycles. The summed E-state index contributed by atoms with van der Waals surface area (Å²) in [6.45, 7) is 8.81. The smallest absolute Gasteiger partial charge is 0.124 e. The normalized spacial score (nSPS) is 14.3. The molecule has 0 fully saturated rings. The van der Waals surface area contributed by atoms with E-state index >= 15 is 0 Å². The Balaban J connectivity index is 2.51. The zero-order valence-electron chi connectivity index (χ0n) is 13.4. The lowest BCUT2D eigenvalue weighted by Crippen LogP contribution is -2.29. The lowest BCUT2D eigenvalue weighted by molar-refractivity contribution is 0.395. The molecule has 1 rings (SSSR count). The maximum atomic E-state index is 10.0. The van der Waals surface area contributed by atoms with Crippen LogP contribution in [-0.2, 0) is 0 Å². The van der Waals surface area contributed by atoms with Crippen molar-refractivity contribution in [1.29, 1.82) is 0 Å². The van der Waals surface area contributed by atoms with Crippen LogP contribution in [0.5, 0.6) is 11.5 Å². The van der Waals surface area contributed by atoms with Gasteiger partial charge in [-0.05, 0) is 32.3 Å². The summed E-state index contributed by atoms with van der Waals surface area (Å²) < 4.78 is 5.11. The van der Waals surface area contributed by atoms with Crippen molar-refractivity contribution >= 4 is 0 Å². The summed E-state index contributed by atoms with van der Waals surface area (Å²) in [5, 5.41) is 13.6. The molecule has 1 aromatic carbocycles. The first-order chi connectivity index (χ1) is 9.43. The third-order valence-corrected chi connectivity index (χ3v) is 3.66. The Hall–Kier alpha value is -1.22. The minimum atomic E-state index is 0.134. The second kappa shape index (κ2) is 8.15. The van der Waals surface area contributed by atoms with Gasteiger partial charge < -0.3 is 15.2 Å². The lowest BCUT2D eigenvalue weighted by atomic mass is 10.0. The zero-order valence-corrected chi connectivity index (χ0v) is 13.4. The topological polar surface area (TPSA) is 41.5 Å². The molecule has 0 heterocycles. The molecule has 20 heavy (non-hydrogen) atoms. The molecule has 0 aliphatic heterocycles. The van der Waals surface area contributed by atoms with Gasteiger partial charge in [0.25, 0.3) is 0 Å². The number of phenolic OH excluding ortho intramolecular Hbond substituents is 1. The molecule has 2 N–H and O–H groups in total. The van der Waals surface area contributed by atoms with Gasteiger partial charge in [-0.2, -0.15) is 0 Å². The van der Waals surface area contributed by atoms with Crippen molar-refractivity contribution in [2.24, 2.45) is 5.92 Å². The van der Waals surface area contributed by atoms with E-state index in [2.05, 4.69) is 33.0 Å². The fraction of sp³-hybridized carbons (Fsp3) is 0.647. The van der Waals surface area contributed by atoms with Crippen LogP contribution in [0.4, 0.5) is 0 Å². The molecule has 0 radical (unpaired) electrons. The Morgan fingerprint density at radius 1 is 1.15 bits per heavy atom. The number of nitrogens with one attached hydrogen (secondary N) is 1. The Kier molecular flexibility index (Phi) is 6.86. The van der Waals surface area contributed by atoms with Crippen molar-refractivity contribution in [3.8, 4) is 11.5 Å². The number of phenols is 1. The molecule has 0 saturated carbocycles. The van der Waals surface area contributed by atoms with Gasteiger partial charge in [-0.3, -0.25) is 0 Å². The van der Waals surface area contributed by atoms with Crippen molar-refractivity contribution in [2.75, 3.05) is 7.11 Å². The van der Waals surface area contributed by atoms with Crippen LogP contribution in [0.15, 0.2) is 18.2 Å². The average molecular weight is 279 g/mol. The molecule has 3 heteroatoms. The molecule has 0 spiro atoms. The van der Waals surface area contributed by atoms with Crippen LogP contribution in [0, 0.1) is 5.92 Å². The highest BCUT2D eigenvalue weighted by Crippen LogP contribution is 2.28. The van der Waals surface area contributed by atoms with E-state index in [-0.39, 0.29) is 6.04 Å². The number of hydrogen-bond acceptors (Lipinski definition) is 3. The molecular formula is C17H29NO2. The Labute approximate surface area is 123 Å². The van der Waals surface area contributed by atoms with Crippen molar-refractivity contribution in [3.05, 3.63) is 23.8 Å². The van der Waals surface area contributed by atoms with Crippen LogP contribution in [0.1, 0.15) is 58.6 Å². The molecule has 0 amide bonds. The summed E-state index contributed by atoms with van der Waals surface area (Å²) in [5.41, 5.74) is 0.918. The summed E-state index contributed by atoms with van der Waals surface area (Å²) in [6.07, 6.45) is 3.68. The zero-order chi connectivity index (χ0) is 15.1. The van der Waals surface area contributed by atoms with Gasteiger partial charge >= 0.3 is 0 Å².